The smallest absolute Gasteiger partial charge is 0.305 e. The van der Waals surface area contributed by atoms with Crippen LogP contribution in [0.15, 0.2) is 0 Å². The summed E-state index contributed by atoms with van der Waals surface area (Å²) in [6, 6.07) is 0. The molecule has 0 rings (SSSR count). The van der Waals surface area contributed by atoms with Crippen molar-refractivity contribution in [1.29, 1.82) is 0 Å². The Balaban J connectivity index is 3.62. The van der Waals surface area contributed by atoms with Crippen LogP contribution >= 0.6 is 0 Å². The van der Waals surface area contributed by atoms with Gasteiger partial charge in [-0.15, -0.1) is 0 Å². The Bertz CT molecular complexity index is 251. The van der Waals surface area contributed by atoms with Crippen LogP contribution in [0, 0.1) is 0 Å². The molecule has 5 heteroatoms. The number of nitrogens with one attached hydrogen (secondary N) is 1. The monoisotopic (exact) mass is 245 g/mol. The Hall–Kier alpha value is -1.10. The molecule has 0 aromatic heterocycles. The number of ether oxygens (including phenoxy) is 2. The van der Waals surface area contributed by atoms with Gasteiger partial charge in [0.1, 0.15) is 0 Å². The van der Waals surface area contributed by atoms with Gasteiger partial charge in [-0.3, -0.25) is 9.59 Å². The predicted octanol–water partition coefficient (Wildman–Crippen LogP) is 1.26. The van der Waals surface area contributed by atoms with Crippen molar-refractivity contribution in [3.8, 4) is 0 Å². The molecule has 1 N–H and O–H groups in total. The normalized spacial score (nSPS) is 11.1. The Morgan fingerprint density at radius 1 is 1.29 bits per heavy atom. The van der Waals surface area contributed by atoms with Gasteiger partial charge >= 0.3 is 5.97 Å². The average Bonchev–Trinajstić information content (AvgIpc) is 2.24. The van der Waals surface area contributed by atoms with E-state index in [1.165, 1.54) is 0 Å². The van der Waals surface area contributed by atoms with Gasteiger partial charge in [0.2, 0.25) is 5.91 Å². The quantitative estimate of drug-likeness (QED) is 0.516. The molecule has 0 heterocycles. The third-order valence-electron chi connectivity index (χ3n) is 2.32. The van der Waals surface area contributed by atoms with Gasteiger partial charge in [0.25, 0.3) is 0 Å². The van der Waals surface area contributed by atoms with Gasteiger partial charge in [-0.05, 0) is 27.2 Å². The van der Waals surface area contributed by atoms with E-state index in [0.717, 1.165) is 0 Å². The molecule has 0 aromatic rings. The first-order chi connectivity index (χ1) is 7.91. The number of amides is 1. The van der Waals surface area contributed by atoms with Crippen molar-refractivity contribution in [3.05, 3.63) is 0 Å². The summed E-state index contributed by atoms with van der Waals surface area (Å²) in [4.78, 5) is 22.5. The van der Waals surface area contributed by atoms with Crippen molar-refractivity contribution in [1.82, 2.24) is 5.32 Å². The number of carbonyl (C=O) groups is 2. The summed E-state index contributed by atoms with van der Waals surface area (Å²) < 4.78 is 9.93. The van der Waals surface area contributed by atoms with Crippen molar-refractivity contribution >= 4 is 11.9 Å². The van der Waals surface area contributed by atoms with E-state index >= 15 is 0 Å². The van der Waals surface area contributed by atoms with E-state index in [-0.39, 0.29) is 11.9 Å². The van der Waals surface area contributed by atoms with Crippen molar-refractivity contribution in [2.24, 2.45) is 0 Å². The van der Waals surface area contributed by atoms with Crippen LogP contribution in [0.2, 0.25) is 0 Å². The summed E-state index contributed by atoms with van der Waals surface area (Å²) in [5.74, 6) is -0.292. The molecule has 0 saturated carbocycles. The van der Waals surface area contributed by atoms with Crippen molar-refractivity contribution in [2.45, 2.75) is 45.6 Å². The summed E-state index contributed by atoms with van der Waals surface area (Å²) in [6.07, 6.45) is 1.24. The predicted molar refractivity (Wildman–Crippen MR) is 64.6 cm³/mol. The molecule has 0 radical (unpaired) electrons. The van der Waals surface area contributed by atoms with Crippen LogP contribution in [0.3, 0.4) is 0 Å². The lowest BCUT2D eigenvalue weighted by Crippen LogP contribution is -2.34. The van der Waals surface area contributed by atoms with Crippen molar-refractivity contribution < 1.29 is 19.1 Å². The first-order valence-corrected chi connectivity index (χ1v) is 5.88. The van der Waals surface area contributed by atoms with Gasteiger partial charge in [0.05, 0.1) is 18.6 Å². The molecule has 17 heavy (non-hydrogen) atoms. The molecule has 5 nitrogen and oxygen atoms in total. The second kappa shape index (κ2) is 8.06. The summed E-state index contributed by atoms with van der Waals surface area (Å²) in [5.41, 5.74) is -0.453. The minimum Gasteiger partial charge on any atom is -0.466 e. The summed E-state index contributed by atoms with van der Waals surface area (Å²) in [5, 5.41) is 2.74. The van der Waals surface area contributed by atoms with E-state index in [4.69, 9.17) is 9.47 Å². The average molecular weight is 245 g/mol. The zero-order chi connectivity index (χ0) is 13.3. The Morgan fingerprint density at radius 2 is 1.94 bits per heavy atom. The summed E-state index contributed by atoms with van der Waals surface area (Å²) in [6.45, 7) is 6.35. The molecule has 1 amide bonds. The van der Waals surface area contributed by atoms with Gasteiger partial charge in [-0.25, -0.2) is 0 Å². The van der Waals surface area contributed by atoms with E-state index < -0.39 is 5.60 Å². The first kappa shape index (κ1) is 15.9. The lowest BCUT2D eigenvalue weighted by atomic mass is 10.1. The van der Waals surface area contributed by atoms with Crippen LogP contribution in [0.1, 0.15) is 40.0 Å². The number of rotatable bonds is 8. The highest BCUT2D eigenvalue weighted by atomic mass is 16.5. The fourth-order valence-corrected chi connectivity index (χ4v) is 1.22. The lowest BCUT2D eigenvalue weighted by Gasteiger charge is -2.21. The molecule has 0 aromatic carbocycles. The maximum atomic E-state index is 11.5. The molecule has 0 aliphatic heterocycles. The molecule has 100 valence electrons. The van der Waals surface area contributed by atoms with Gasteiger partial charge in [0.15, 0.2) is 0 Å². The zero-order valence-electron chi connectivity index (χ0n) is 11.2. The van der Waals surface area contributed by atoms with Crippen LogP contribution in [0.4, 0.5) is 0 Å². The van der Waals surface area contributed by atoms with Crippen LogP contribution in [0.25, 0.3) is 0 Å². The summed E-state index contributed by atoms with van der Waals surface area (Å²) >= 11 is 0. The van der Waals surface area contributed by atoms with Crippen LogP contribution in [0.5, 0.6) is 0 Å². The standard InChI is InChI=1S/C12H23NO4/c1-5-17-11(15)7-6-8-13-10(14)9-12(2,3)16-4/h5-9H2,1-4H3,(H,13,14). The highest BCUT2D eigenvalue weighted by molar-refractivity contribution is 5.77. The molecule has 0 bridgehead atoms. The van der Waals surface area contributed by atoms with Gasteiger partial charge in [0, 0.05) is 20.1 Å². The number of esters is 1. The third-order valence-corrected chi connectivity index (χ3v) is 2.32. The zero-order valence-corrected chi connectivity index (χ0v) is 11.2. The molecule has 0 aliphatic rings. The first-order valence-electron chi connectivity index (χ1n) is 5.88. The number of methoxy groups -OCH3 is 1. The van der Waals surface area contributed by atoms with Crippen molar-refractivity contribution in [2.75, 3.05) is 20.3 Å². The number of carbonyl (C=O) groups excluding carboxylic acids is 2. The SMILES string of the molecule is CCOC(=O)CCCNC(=O)CC(C)(C)OC. The van der Waals surface area contributed by atoms with E-state index in [1.54, 1.807) is 14.0 Å². The second-order valence-electron chi connectivity index (χ2n) is 4.40. The highest BCUT2D eigenvalue weighted by Crippen LogP contribution is 2.12. The number of hydrogen-bond donors (Lipinski definition) is 1. The fraction of sp³-hybridized carbons (Fsp3) is 0.833. The second-order valence-corrected chi connectivity index (χ2v) is 4.40. The van der Waals surface area contributed by atoms with E-state index in [2.05, 4.69) is 5.32 Å². The maximum absolute atomic E-state index is 11.5. The number of hydrogen-bond acceptors (Lipinski definition) is 4. The Labute approximate surface area is 103 Å². The van der Waals surface area contributed by atoms with Crippen LogP contribution in [-0.4, -0.2) is 37.7 Å². The van der Waals surface area contributed by atoms with Gasteiger partial charge < -0.3 is 14.8 Å². The van der Waals surface area contributed by atoms with E-state index in [9.17, 15) is 9.59 Å². The van der Waals surface area contributed by atoms with Gasteiger partial charge in [-0.2, -0.15) is 0 Å². The topological polar surface area (TPSA) is 64.6 Å². The van der Waals surface area contributed by atoms with E-state index in [0.29, 0.717) is 32.4 Å². The third kappa shape index (κ3) is 8.68. The van der Waals surface area contributed by atoms with Crippen molar-refractivity contribution in [3.63, 3.8) is 0 Å². The fourth-order valence-electron chi connectivity index (χ4n) is 1.22. The molecular formula is C12H23NO4. The molecule has 0 saturated heterocycles. The largest absolute Gasteiger partial charge is 0.466 e. The minimum atomic E-state index is -0.453. The molecule has 0 spiro atoms. The lowest BCUT2D eigenvalue weighted by molar-refractivity contribution is -0.143. The van der Waals surface area contributed by atoms with E-state index in [1.807, 2.05) is 13.8 Å². The minimum absolute atomic E-state index is 0.0688. The summed E-state index contributed by atoms with van der Waals surface area (Å²) in [7, 11) is 1.58. The Kier molecular flexibility index (Phi) is 7.54. The van der Waals surface area contributed by atoms with Crippen LogP contribution < -0.4 is 5.32 Å². The highest BCUT2D eigenvalue weighted by Gasteiger charge is 2.20. The molecule has 0 fully saturated rings. The maximum Gasteiger partial charge on any atom is 0.305 e. The van der Waals surface area contributed by atoms with Crippen LogP contribution in [-0.2, 0) is 19.1 Å². The molecule has 0 aliphatic carbocycles. The molecule has 0 unspecified atom stereocenters. The molecule has 0 atom stereocenters. The van der Waals surface area contributed by atoms with Gasteiger partial charge in [-0.1, -0.05) is 0 Å². The molecular weight excluding hydrogens is 222 g/mol. The Morgan fingerprint density at radius 3 is 2.47 bits per heavy atom.